The van der Waals surface area contributed by atoms with Crippen molar-refractivity contribution in [2.45, 2.75) is 44.2 Å². The maximum absolute atomic E-state index is 12.9. The molecule has 1 atom stereocenters. The van der Waals surface area contributed by atoms with Gasteiger partial charge in [0.05, 0.1) is 11.5 Å². The van der Waals surface area contributed by atoms with Gasteiger partial charge in [-0.15, -0.1) is 10.2 Å². The van der Waals surface area contributed by atoms with Crippen LogP contribution in [0.5, 0.6) is 5.75 Å². The number of carbonyl (C=O) groups excluding carboxylic acids is 1. The molecule has 0 spiro atoms. The zero-order valence-electron chi connectivity index (χ0n) is 15.5. The van der Waals surface area contributed by atoms with E-state index in [-0.39, 0.29) is 36.1 Å². The SMILES string of the molecule is O=C(COc1ccc(-c2nnco2)cc1)N(C1CCCC1)[C@H]1CCS(=O)(=O)C1. The Hall–Kier alpha value is -2.42. The molecule has 1 saturated heterocycles. The highest BCUT2D eigenvalue weighted by Gasteiger charge is 2.39. The van der Waals surface area contributed by atoms with Crippen molar-refractivity contribution in [1.82, 2.24) is 15.1 Å². The predicted molar refractivity (Wildman–Crippen MR) is 101 cm³/mol. The van der Waals surface area contributed by atoms with E-state index >= 15 is 0 Å². The van der Waals surface area contributed by atoms with E-state index in [4.69, 9.17) is 9.15 Å². The summed E-state index contributed by atoms with van der Waals surface area (Å²) in [7, 11) is -3.05. The molecule has 9 heteroatoms. The number of benzene rings is 1. The normalized spacial score (nSPS) is 21.6. The number of ether oxygens (including phenoxy) is 1. The van der Waals surface area contributed by atoms with Crippen LogP contribution in [0.3, 0.4) is 0 Å². The fraction of sp³-hybridized carbons (Fsp3) is 0.526. The summed E-state index contributed by atoms with van der Waals surface area (Å²) in [6.07, 6.45) is 5.79. The molecule has 1 aliphatic heterocycles. The van der Waals surface area contributed by atoms with Gasteiger partial charge in [-0.05, 0) is 43.5 Å². The van der Waals surface area contributed by atoms with Gasteiger partial charge in [-0.1, -0.05) is 12.8 Å². The van der Waals surface area contributed by atoms with Gasteiger partial charge in [-0.2, -0.15) is 0 Å². The molecule has 1 aromatic heterocycles. The molecule has 0 radical (unpaired) electrons. The minimum absolute atomic E-state index is 0.0636. The molecule has 1 aliphatic carbocycles. The molecule has 1 saturated carbocycles. The molecule has 28 heavy (non-hydrogen) atoms. The summed E-state index contributed by atoms with van der Waals surface area (Å²) in [4.78, 5) is 14.7. The van der Waals surface area contributed by atoms with E-state index in [2.05, 4.69) is 10.2 Å². The van der Waals surface area contributed by atoms with E-state index in [1.165, 1.54) is 6.39 Å². The van der Waals surface area contributed by atoms with Gasteiger partial charge < -0.3 is 14.1 Å². The van der Waals surface area contributed by atoms with Crippen molar-refractivity contribution in [3.63, 3.8) is 0 Å². The zero-order chi connectivity index (χ0) is 19.6. The Kier molecular flexibility index (Phi) is 5.34. The topological polar surface area (TPSA) is 103 Å². The molecule has 8 nitrogen and oxygen atoms in total. The average Bonchev–Trinajstić information content (AvgIpc) is 3.43. The lowest BCUT2D eigenvalue weighted by molar-refractivity contribution is -0.137. The second-order valence-corrected chi connectivity index (χ2v) is 9.58. The van der Waals surface area contributed by atoms with Crippen LogP contribution in [0.2, 0.25) is 0 Å². The van der Waals surface area contributed by atoms with Crippen molar-refractivity contribution in [3.8, 4) is 17.2 Å². The molecular formula is C19H23N3O5S. The Morgan fingerprint density at radius 3 is 2.50 bits per heavy atom. The van der Waals surface area contributed by atoms with Gasteiger partial charge in [0, 0.05) is 17.6 Å². The summed E-state index contributed by atoms with van der Waals surface area (Å²) >= 11 is 0. The van der Waals surface area contributed by atoms with Gasteiger partial charge in [-0.3, -0.25) is 4.79 Å². The van der Waals surface area contributed by atoms with Crippen LogP contribution in [-0.2, 0) is 14.6 Å². The quantitative estimate of drug-likeness (QED) is 0.725. The molecule has 1 aromatic carbocycles. The molecule has 0 unspecified atom stereocenters. The van der Waals surface area contributed by atoms with Gasteiger partial charge in [0.1, 0.15) is 5.75 Å². The van der Waals surface area contributed by atoms with Crippen molar-refractivity contribution in [1.29, 1.82) is 0 Å². The van der Waals surface area contributed by atoms with E-state index in [0.717, 1.165) is 31.2 Å². The summed E-state index contributed by atoms with van der Waals surface area (Å²) in [5.74, 6) is 1.05. The lowest BCUT2D eigenvalue weighted by Gasteiger charge is -2.34. The molecular weight excluding hydrogens is 382 g/mol. The summed E-state index contributed by atoms with van der Waals surface area (Å²) in [5.41, 5.74) is 0.764. The molecule has 2 fully saturated rings. The largest absolute Gasteiger partial charge is 0.484 e. The van der Waals surface area contributed by atoms with Gasteiger partial charge in [0.15, 0.2) is 16.4 Å². The molecule has 0 bridgehead atoms. The second kappa shape index (κ2) is 7.90. The standard InChI is InChI=1S/C19H23N3O5S/c23-18(11-26-17-7-5-14(6-8-17)19-21-20-13-27-19)22(15-3-1-2-4-15)16-9-10-28(24,25)12-16/h5-8,13,15-16H,1-4,9-12H2/t16-/m0/s1. The van der Waals surface area contributed by atoms with Crippen LogP contribution in [-0.4, -0.2) is 59.6 Å². The van der Waals surface area contributed by atoms with E-state index in [1.54, 1.807) is 29.2 Å². The summed E-state index contributed by atoms with van der Waals surface area (Å²) in [6.45, 7) is -0.104. The maximum Gasteiger partial charge on any atom is 0.261 e. The number of amides is 1. The Morgan fingerprint density at radius 1 is 1.14 bits per heavy atom. The van der Waals surface area contributed by atoms with Gasteiger partial charge >= 0.3 is 0 Å². The molecule has 4 rings (SSSR count). The van der Waals surface area contributed by atoms with Gasteiger partial charge in [0.25, 0.3) is 5.91 Å². The predicted octanol–water partition coefficient (Wildman–Crippen LogP) is 2.07. The number of hydrogen-bond donors (Lipinski definition) is 0. The molecule has 1 amide bonds. The number of carbonyl (C=O) groups is 1. The molecule has 2 aromatic rings. The third kappa shape index (κ3) is 4.19. The summed E-state index contributed by atoms with van der Waals surface area (Å²) in [5, 5.41) is 7.49. The first kappa shape index (κ1) is 18.9. The smallest absolute Gasteiger partial charge is 0.261 e. The van der Waals surface area contributed by atoms with Crippen LogP contribution in [0.4, 0.5) is 0 Å². The monoisotopic (exact) mass is 405 g/mol. The summed E-state index contributed by atoms with van der Waals surface area (Å²) in [6, 6.07) is 6.94. The Bertz CT molecular complexity index is 906. The van der Waals surface area contributed by atoms with E-state index < -0.39 is 9.84 Å². The number of sulfone groups is 1. The first-order valence-electron chi connectivity index (χ1n) is 9.53. The number of hydrogen-bond acceptors (Lipinski definition) is 7. The van der Waals surface area contributed by atoms with Crippen molar-refractivity contribution in [2.24, 2.45) is 0 Å². The van der Waals surface area contributed by atoms with Crippen molar-refractivity contribution in [2.75, 3.05) is 18.1 Å². The lowest BCUT2D eigenvalue weighted by atomic mass is 10.1. The molecule has 150 valence electrons. The van der Waals surface area contributed by atoms with E-state index in [1.807, 2.05) is 0 Å². The highest BCUT2D eigenvalue weighted by atomic mass is 32.2. The first-order chi connectivity index (χ1) is 13.5. The fourth-order valence-electron chi connectivity index (χ4n) is 4.09. The van der Waals surface area contributed by atoms with Crippen LogP contribution in [0.1, 0.15) is 32.1 Å². The lowest BCUT2D eigenvalue weighted by Crippen LogP contribution is -2.48. The second-order valence-electron chi connectivity index (χ2n) is 7.35. The zero-order valence-corrected chi connectivity index (χ0v) is 16.3. The molecule has 2 heterocycles. The number of nitrogens with zero attached hydrogens (tertiary/aromatic N) is 3. The van der Waals surface area contributed by atoms with E-state index in [9.17, 15) is 13.2 Å². The highest BCUT2D eigenvalue weighted by molar-refractivity contribution is 7.91. The fourth-order valence-corrected chi connectivity index (χ4v) is 5.81. The minimum atomic E-state index is -3.05. The van der Waals surface area contributed by atoms with E-state index in [0.29, 0.717) is 18.1 Å². The Labute approximate surface area is 163 Å². The maximum atomic E-state index is 12.9. The third-order valence-corrected chi connectivity index (χ3v) is 7.18. The molecule has 2 aliphatic rings. The van der Waals surface area contributed by atoms with Crippen molar-refractivity contribution in [3.05, 3.63) is 30.7 Å². The Balaban J connectivity index is 1.41. The van der Waals surface area contributed by atoms with Crippen LogP contribution >= 0.6 is 0 Å². The average molecular weight is 405 g/mol. The van der Waals surface area contributed by atoms with Crippen molar-refractivity contribution < 1.29 is 22.4 Å². The molecule has 0 N–H and O–H groups in total. The van der Waals surface area contributed by atoms with Gasteiger partial charge in [0.2, 0.25) is 12.3 Å². The van der Waals surface area contributed by atoms with Crippen LogP contribution in [0, 0.1) is 0 Å². The van der Waals surface area contributed by atoms with Gasteiger partial charge in [-0.25, -0.2) is 8.42 Å². The highest BCUT2D eigenvalue weighted by Crippen LogP contribution is 2.29. The minimum Gasteiger partial charge on any atom is -0.484 e. The number of aromatic nitrogens is 2. The summed E-state index contributed by atoms with van der Waals surface area (Å²) < 4.78 is 34.6. The number of rotatable bonds is 6. The van der Waals surface area contributed by atoms with Crippen LogP contribution < -0.4 is 4.74 Å². The first-order valence-corrected chi connectivity index (χ1v) is 11.3. The van der Waals surface area contributed by atoms with Crippen LogP contribution in [0.25, 0.3) is 11.5 Å². The Morgan fingerprint density at radius 2 is 1.89 bits per heavy atom. The third-order valence-electron chi connectivity index (χ3n) is 5.43. The van der Waals surface area contributed by atoms with Crippen molar-refractivity contribution >= 4 is 15.7 Å². The van der Waals surface area contributed by atoms with Crippen LogP contribution in [0.15, 0.2) is 35.1 Å².